The standard InChI is InChI=1S/C22H29N5O/c1-16-12-27(14-18(28-16)13-26-10-9-25-22(2,3)15-26)20-7-6-17(11-23)21-19(20)5-4-8-24-21/h4-8,16,18,25H,9-10,12-15H2,1-3H3/t16-,18+/m1/s1. The van der Waals surface area contributed by atoms with E-state index in [1.807, 2.05) is 12.1 Å². The fourth-order valence-corrected chi connectivity index (χ4v) is 4.56. The Bertz CT molecular complexity index is 890. The maximum absolute atomic E-state index is 9.41. The van der Waals surface area contributed by atoms with Crippen molar-refractivity contribution in [3.8, 4) is 6.07 Å². The van der Waals surface area contributed by atoms with Crippen molar-refractivity contribution in [2.45, 2.75) is 38.5 Å². The van der Waals surface area contributed by atoms with Gasteiger partial charge in [0.2, 0.25) is 0 Å². The summed E-state index contributed by atoms with van der Waals surface area (Å²) in [6.45, 7) is 12.4. The minimum Gasteiger partial charge on any atom is -0.370 e. The highest BCUT2D eigenvalue weighted by Gasteiger charge is 2.31. The van der Waals surface area contributed by atoms with Crippen LogP contribution in [-0.2, 0) is 4.74 Å². The second-order valence-electron chi connectivity index (χ2n) is 8.66. The summed E-state index contributed by atoms with van der Waals surface area (Å²) in [6.07, 6.45) is 2.08. The van der Waals surface area contributed by atoms with Gasteiger partial charge in [0.05, 0.1) is 23.3 Å². The number of pyridine rings is 1. The van der Waals surface area contributed by atoms with Crippen molar-refractivity contribution in [2.75, 3.05) is 44.2 Å². The van der Waals surface area contributed by atoms with Crippen LogP contribution < -0.4 is 10.2 Å². The average Bonchev–Trinajstić information content (AvgIpc) is 2.66. The summed E-state index contributed by atoms with van der Waals surface area (Å²) in [5, 5.41) is 14.0. The number of benzene rings is 1. The number of aromatic nitrogens is 1. The molecule has 3 heterocycles. The summed E-state index contributed by atoms with van der Waals surface area (Å²) >= 11 is 0. The molecule has 1 aromatic carbocycles. The Labute approximate surface area is 167 Å². The van der Waals surface area contributed by atoms with Gasteiger partial charge in [0.25, 0.3) is 0 Å². The van der Waals surface area contributed by atoms with Gasteiger partial charge in [-0.2, -0.15) is 5.26 Å². The van der Waals surface area contributed by atoms with Crippen LogP contribution in [0.4, 0.5) is 5.69 Å². The molecule has 2 saturated heterocycles. The van der Waals surface area contributed by atoms with Gasteiger partial charge in [0, 0.05) is 62.1 Å². The van der Waals surface area contributed by atoms with Crippen LogP contribution in [0.2, 0.25) is 0 Å². The molecule has 2 fully saturated rings. The number of ether oxygens (including phenoxy) is 1. The van der Waals surface area contributed by atoms with Crippen LogP contribution in [0.15, 0.2) is 30.5 Å². The highest BCUT2D eigenvalue weighted by atomic mass is 16.5. The van der Waals surface area contributed by atoms with Gasteiger partial charge in [0.15, 0.2) is 0 Å². The molecule has 6 nitrogen and oxygen atoms in total. The van der Waals surface area contributed by atoms with Crippen LogP contribution in [0.5, 0.6) is 0 Å². The van der Waals surface area contributed by atoms with E-state index in [1.165, 1.54) is 0 Å². The summed E-state index contributed by atoms with van der Waals surface area (Å²) in [5.74, 6) is 0. The van der Waals surface area contributed by atoms with Gasteiger partial charge in [-0.1, -0.05) is 0 Å². The van der Waals surface area contributed by atoms with Crippen molar-refractivity contribution in [1.29, 1.82) is 5.26 Å². The molecule has 0 aliphatic carbocycles. The molecule has 2 aromatic rings. The van der Waals surface area contributed by atoms with E-state index in [2.05, 4.69) is 59.1 Å². The normalized spacial score (nSPS) is 25.6. The lowest BCUT2D eigenvalue weighted by Crippen LogP contribution is -2.60. The zero-order valence-corrected chi connectivity index (χ0v) is 17.0. The number of rotatable bonds is 3. The van der Waals surface area contributed by atoms with Gasteiger partial charge in [-0.15, -0.1) is 0 Å². The van der Waals surface area contributed by atoms with E-state index < -0.39 is 0 Å². The van der Waals surface area contributed by atoms with Crippen LogP contribution in [0, 0.1) is 11.3 Å². The Hall–Kier alpha value is -2.20. The number of hydrogen-bond donors (Lipinski definition) is 1. The monoisotopic (exact) mass is 379 g/mol. The van der Waals surface area contributed by atoms with Crippen molar-refractivity contribution in [3.05, 3.63) is 36.0 Å². The lowest BCUT2D eigenvalue weighted by molar-refractivity contribution is -0.0378. The van der Waals surface area contributed by atoms with Crippen LogP contribution in [0.3, 0.4) is 0 Å². The molecule has 0 radical (unpaired) electrons. The Morgan fingerprint density at radius 1 is 1.32 bits per heavy atom. The third-order valence-electron chi connectivity index (χ3n) is 5.65. The SMILES string of the molecule is C[C@@H]1CN(c2ccc(C#N)c3ncccc23)C[C@H](CN2CCNC(C)(C)C2)O1. The molecule has 28 heavy (non-hydrogen) atoms. The molecular weight excluding hydrogens is 350 g/mol. The number of nitriles is 1. The fraction of sp³-hybridized carbons (Fsp3) is 0.545. The first-order valence-corrected chi connectivity index (χ1v) is 10.1. The second-order valence-corrected chi connectivity index (χ2v) is 8.66. The van der Waals surface area contributed by atoms with Crippen LogP contribution in [0.25, 0.3) is 10.9 Å². The molecule has 1 N–H and O–H groups in total. The van der Waals surface area contributed by atoms with Gasteiger partial charge < -0.3 is 15.0 Å². The molecule has 4 rings (SSSR count). The Morgan fingerprint density at radius 3 is 2.96 bits per heavy atom. The predicted molar refractivity (Wildman–Crippen MR) is 112 cm³/mol. The molecule has 2 aliphatic rings. The number of piperazine rings is 1. The summed E-state index contributed by atoms with van der Waals surface area (Å²) in [4.78, 5) is 9.37. The van der Waals surface area contributed by atoms with E-state index in [-0.39, 0.29) is 17.7 Å². The van der Waals surface area contributed by atoms with E-state index in [9.17, 15) is 5.26 Å². The number of nitrogens with one attached hydrogen (secondary N) is 1. The van der Waals surface area contributed by atoms with Crippen molar-refractivity contribution in [1.82, 2.24) is 15.2 Å². The summed E-state index contributed by atoms with van der Waals surface area (Å²) in [7, 11) is 0. The molecular formula is C22H29N5O. The van der Waals surface area contributed by atoms with Crippen LogP contribution in [0.1, 0.15) is 26.3 Å². The minimum absolute atomic E-state index is 0.146. The zero-order valence-electron chi connectivity index (χ0n) is 17.0. The third kappa shape index (κ3) is 3.97. The van der Waals surface area contributed by atoms with Crippen LogP contribution >= 0.6 is 0 Å². The molecule has 2 atom stereocenters. The number of nitrogens with zero attached hydrogens (tertiary/aromatic N) is 4. The second kappa shape index (κ2) is 7.67. The van der Waals surface area contributed by atoms with Gasteiger partial charge in [-0.25, -0.2) is 0 Å². The number of anilines is 1. The van der Waals surface area contributed by atoms with Gasteiger partial charge in [-0.05, 0) is 45.0 Å². The molecule has 0 spiro atoms. The lowest BCUT2D eigenvalue weighted by atomic mass is 10.0. The summed E-state index contributed by atoms with van der Waals surface area (Å²) in [6, 6.07) is 10.2. The Morgan fingerprint density at radius 2 is 2.18 bits per heavy atom. The smallest absolute Gasteiger partial charge is 0.101 e. The molecule has 1 aromatic heterocycles. The predicted octanol–water partition coefficient (Wildman–Crippen LogP) is 2.38. The highest BCUT2D eigenvalue weighted by molar-refractivity contribution is 5.95. The summed E-state index contributed by atoms with van der Waals surface area (Å²) in [5.41, 5.74) is 2.69. The topological polar surface area (TPSA) is 64.4 Å². The molecule has 0 saturated carbocycles. The van der Waals surface area contributed by atoms with E-state index >= 15 is 0 Å². The fourth-order valence-electron chi connectivity index (χ4n) is 4.56. The van der Waals surface area contributed by atoms with Crippen molar-refractivity contribution in [2.24, 2.45) is 0 Å². The first-order chi connectivity index (χ1) is 13.4. The average molecular weight is 380 g/mol. The van der Waals surface area contributed by atoms with Gasteiger partial charge >= 0.3 is 0 Å². The van der Waals surface area contributed by atoms with E-state index in [0.717, 1.165) is 55.9 Å². The maximum Gasteiger partial charge on any atom is 0.101 e. The molecule has 0 amide bonds. The van der Waals surface area contributed by atoms with Crippen LogP contribution in [-0.4, -0.2) is 66.9 Å². The van der Waals surface area contributed by atoms with Crippen molar-refractivity contribution >= 4 is 16.6 Å². The molecule has 0 bridgehead atoms. The maximum atomic E-state index is 9.41. The Balaban J connectivity index is 1.56. The highest BCUT2D eigenvalue weighted by Crippen LogP contribution is 2.30. The lowest BCUT2D eigenvalue weighted by Gasteiger charge is -2.44. The first-order valence-electron chi connectivity index (χ1n) is 10.1. The first kappa shape index (κ1) is 19.1. The van der Waals surface area contributed by atoms with E-state index in [0.29, 0.717) is 5.56 Å². The Kier molecular flexibility index (Phi) is 5.24. The molecule has 2 aliphatic heterocycles. The molecule has 0 unspecified atom stereocenters. The third-order valence-corrected chi connectivity index (χ3v) is 5.65. The molecule has 148 valence electrons. The summed E-state index contributed by atoms with van der Waals surface area (Å²) < 4.78 is 6.29. The van der Waals surface area contributed by atoms with Gasteiger partial charge in [0.1, 0.15) is 6.07 Å². The van der Waals surface area contributed by atoms with Crippen molar-refractivity contribution < 1.29 is 4.74 Å². The number of hydrogen-bond acceptors (Lipinski definition) is 6. The minimum atomic E-state index is 0.146. The largest absolute Gasteiger partial charge is 0.370 e. The number of fused-ring (bicyclic) bond motifs is 1. The quantitative estimate of drug-likeness (QED) is 0.883. The number of morpholine rings is 1. The van der Waals surface area contributed by atoms with E-state index in [4.69, 9.17) is 4.74 Å². The van der Waals surface area contributed by atoms with E-state index in [1.54, 1.807) is 6.20 Å². The zero-order chi connectivity index (χ0) is 19.7. The van der Waals surface area contributed by atoms with Crippen molar-refractivity contribution in [3.63, 3.8) is 0 Å². The molecule has 6 heteroatoms. The van der Waals surface area contributed by atoms with Gasteiger partial charge in [-0.3, -0.25) is 9.88 Å².